The molecule has 35 heavy (non-hydrogen) atoms. The van der Waals surface area contributed by atoms with Crippen LogP contribution in [0.5, 0.6) is 0 Å². The summed E-state index contributed by atoms with van der Waals surface area (Å²) in [4.78, 5) is 18.6. The van der Waals surface area contributed by atoms with Crippen LogP contribution in [-0.2, 0) is 17.7 Å². The largest absolute Gasteiger partial charge is 0.444 e. The fraction of sp³-hybridized carbons (Fsp3) is 0.300. The van der Waals surface area contributed by atoms with Crippen molar-refractivity contribution >= 4 is 22.7 Å². The first kappa shape index (κ1) is 24.4. The third kappa shape index (κ3) is 6.04. The van der Waals surface area contributed by atoms with Crippen molar-refractivity contribution in [2.45, 2.75) is 53.2 Å². The lowest BCUT2D eigenvalue weighted by atomic mass is 9.99. The lowest BCUT2D eigenvalue weighted by Gasteiger charge is -2.27. The number of nitrogen functional groups attached to an aromatic ring is 1. The number of nitrogens with two attached hydrogens (primary N) is 1. The first-order valence-corrected chi connectivity index (χ1v) is 12.1. The van der Waals surface area contributed by atoms with E-state index in [-0.39, 0.29) is 6.09 Å². The molecule has 3 aromatic carbocycles. The topological polar surface area (TPSA) is 71.4 Å². The van der Waals surface area contributed by atoms with Gasteiger partial charge in [0, 0.05) is 35.4 Å². The van der Waals surface area contributed by atoms with E-state index in [1.54, 1.807) is 4.90 Å². The third-order valence-corrected chi connectivity index (χ3v) is 5.94. The number of H-pyrrole nitrogens is 1. The van der Waals surface area contributed by atoms with Gasteiger partial charge in [-0.2, -0.15) is 0 Å². The molecule has 0 radical (unpaired) electrons. The number of rotatable bonds is 6. The second-order valence-corrected chi connectivity index (χ2v) is 10.3. The summed E-state index contributed by atoms with van der Waals surface area (Å²) < 4.78 is 5.75. The summed E-state index contributed by atoms with van der Waals surface area (Å²) in [6.45, 7) is 10.9. The van der Waals surface area contributed by atoms with Crippen molar-refractivity contribution in [2.75, 3.05) is 12.3 Å². The molecule has 0 spiro atoms. The van der Waals surface area contributed by atoms with Crippen LogP contribution in [-0.4, -0.2) is 28.1 Å². The van der Waals surface area contributed by atoms with E-state index in [0.29, 0.717) is 19.5 Å². The number of hydrogen-bond acceptors (Lipinski definition) is 3. The van der Waals surface area contributed by atoms with Crippen molar-refractivity contribution in [3.8, 4) is 11.3 Å². The van der Waals surface area contributed by atoms with Crippen LogP contribution in [0.1, 0.15) is 43.0 Å². The lowest BCUT2D eigenvalue weighted by molar-refractivity contribution is 0.0236. The van der Waals surface area contributed by atoms with Crippen molar-refractivity contribution in [2.24, 2.45) is 0 Å². The van der Waals surface area contributed by atoms with Crippen LogP contribution < -0.4 is 5.73 Å². The molecule has 5 nitrogen and oxygen atoms in total. The van der Waals surface area contributed by atoms with Crippen molar-refractivity contribution in [3.05, 3.63) is 89.0 Å². The Morgan fingerprint density at radius 2 is 1.66 bits per heavy atom. The number of nitrogens with zero attached hydrogens (tertiary/aromatic N) is 1. The molecule has 1 heterocycles. The molecular weight excluding hydrogens is 434 g/mol. The minimum Gasteiger partial charge on any atom is -0.444 e. The summed E-state index contributed by atoms with van der Waals surface area (Å²) in [5.41, 5.74) is 14.2. The molecule has 0 unspecified atom stereocenters. The van der Waals surface area contributed by atoms with Gasteiger partial charge in [-0.15, -0.1) is 0 Å². The van der Waals surface area contributed by atoms with Gasteiger partial charge in [-0.1, -0.05) is 47.5 Å². The molecule has 0 saturated heterocycles. The van der Waals surface area contributed by atoms with Gasteiger partial charge in [0.25, 0.3) is 0 Å². The molecular formula is C30H35N3O2. The van der Waals surface area contributed by atoms with Crippen molar-refractivity contribution in [3.63, 3.8) is 0 Å². The zero-order valence-corrected chi connectivity index (χ0v) is 21.3. The lowest BCUT2D eigenvalue weighted by Crippen LogP contribution is -2.37. The highest BCUT2D eigenvalue weighted by Gasteiger charge is 2.23. The van der Waals surface area contributed by atoms with E-state index < -0.39 is 5.60 Å². The first-order chi connectivity index (χ1) is 16.6. The first-order valence-electron chi connectivity index (χ1n) is 12.1. The minimum absolute atomic E-state index is 0.311. The molecule has 1 aromatic heterocycles. The van der Waals surface area contributed by atoms with Crippen molar-refractivity contribution < 1.29 is 9.53 Å². The Labute approximate surface area is 207 Å². The molecule has 1 amide bonds. The van der Waals surface area contributed by atoms with E-state index in [9.17, 15) is 4.79 Å². The van der Waals surface area contributed by atoms with Crippen molar-refractivity contribution in [1.29, 1.82) is 0 Å². The summed E-state index contributed by atoms with van der Waals surface area (Å²) in [7, 11) is 0. The maximum atomic E-state index is 13.2. The van der Waals surface area contributed by atoms with Gasteiger partial charge < -0.3 is 20.4 Å². The smallest absolute Gasteiger partial charge is 0.410 e. The SMILES string of the molecule is Cc1cc(C)cc(-c2[nH]c3ccc(N)cc3c2CCN(Cc2ccccc2)C(=O)OC(C)(C)C)c1. The molecule has 0 bridgehead atoms. The standard InChI is InChI=1S/C30H35N3O2/c1-20-15-21(2)17-23(16-20)28-25(26-18-24(31)11-12-27(26)32-28)13-14-33(29(34)35-30(3,4)5)19-22-9-7-6-8-10-22/h6-12,15-18,32H,13-14,19,31H2,1-5H3. The number of aromatic amines is 1. The Kier molecular flexibility index (Phi) is 6.88. The Balaban J connectivity index is 1.71. The molecule has 0 fully saturated rings. The van der Waals surface area contributed by atoms with E-state index in [1.165, 1.54) is 11.1 Å². The molecule has 0 aliphatic heterocycles. The molecule has 0 aliphatic rings. The van der Waals surface area contributed by atoms with Crippen LogP contribution in [0.4, 0.5) is 10.5 Å². The van der Waals surface area contributed by atoms with Crippen LogP contribution in [0.15, 0.2) is 66.7 Å². The van der Waals surface area contributed by atoms with Gasteiger partial charge in [-0.25, -0.2) is 4.79 Å². The minimum atomic E-state index is -0.564. The third-order valence-electron chi connectivity index (χ3n) is 5.94. The predicted molar refractivity (Wildman–Crippen MR) is 144 cm³/mol. The monoisotopic (exact) mass is 469 g/mol. The number of ether oxygens (including phenoxy) is 1. The molecule has 0 saturated carbocycles. The average Bonchev–Trinajstić information content (AvgIpc) is 3.13. The molecule has 4 aromatic rings. The second-order valence-electron chi connectivity index (χ2n) is 10.3. The van der Waals surface area contributed by atoms with Gasteiger partial charge in [-0.05, 0) is 88.1 Å². The Hall–Kier alpha value is -3.73. The van der Waals surface area contributed by atoms with Gasteiger partial charge in [-0.3, -0.25) is 0 Å². The number of fused-ring (bicyclic) bond motifs is 1. The van der Waals surface area contributed by atoms with Crippen LogP contribution in [0.25, 0.3) is 22.2 Å². The number of aromatic nitrogens is 1. The highest BCUT2D eigenvalue weighted by molar-refractivity contribution is 5.93. The molecule has 5 heteroatoms. The number of amides is 1. The number of aryl methyl sites for hydroxylation is 2. The molecule has 0 atom stereocenters. The number of hydrogen-bond donors (Lipinski definition) is 2. The quantitative estimate of drug-likeness (QED) is 0.298. The summed E-state index contributed by atoms with van der Waals surface area (Å²) in [5, 5.41) is 1.09. The fourth-order valence-corrected chi connectivity index (χ4v) is 4.50. The van der Waals surface area contributed by atoms with E-state index in [0.717, 1.165) is 39.0 Å². The number of carbonyl (C=O) groups excluding carboxylic acids is 1. The summed E-state index contributed by atoms with van der Waals surface area (Å²) in [6, 6.07) is 22.5. The van der Waals surface area contributed by atoms with Gasteiger partial charge in [0.2, 0.25) is 0 Å². The van der Waals surface area contributed by atoms with Gasteiger partial charge >= 0.3 is 6.09 Å². The van der Waals surface area contributed by atoms with E-state index >= 15 is 0 Å². The van der Waals surface area contributed by atoms with E-state index in [4.69, 9.17) is 10.5 Å². The van der Waals surface area contributed by atoms with Crippen LogP contribution in [0.2, 0.25) is 0 Å². The molecule has 4 rings (SSSR count). The summed E-state index contributed by atoms with van der Waals surface area (Å²) >= 11 is 0. The summed E-state index contributed by atoms with van der Waals surface area (Å²) in [6.07, 6.45) is 0.353. The maximum absolute atomic E-state index is 13.2. The van der Waals surface area contributed by atoms with Crippen LogP contribution >= 0.6 is 0 Å². The Bertz CT molecular complexity index is 1310. The summed E-state index contributed by atoms with van der Waals surface area (Å²) in [5.74, 6) is 0. The number of benzene rings is 3. The van der Waals surface area contributed by atoms with E-state index in [2.05, 4.69) is 37.0 Å². The predicted octanol–water partition coefficient (Wildman–Crippen LogP) is 7.01. The number of carbonyl (C=O) groups is 1. The number of anilines is 1. The number of nitrogens with one attached hydrogen (secondary N) is 1. The van der Waals surface area contributed by atoms with E-state index in [1.807, 2.05) is 69.3 Å². The average molecular weight is 470 g/mol. The van der Waals surface area contributed by atoms with Gasteiger partial charge in [0.1, 0.15) is 5.60 Å². The zero-order chi connectivity index (χ0) is 25.2. The Morgan fingerprint density at radius 1 is 0.971 bits per heavy atom. The van der Waals surface area contributed by atoms with Gasteiger partial charge in [0.05, 0.1) is 0 Å². The maximum Gasteiger partial charge on any atom is 0.410 e. The molecule has 3 N–H and O–H groups in total. The normalized spacial score (nSPS) is 11.6. The van der Waals surface area contributed by atoms with Gasteiger partial charge in [0.15, 0.2) is 0 Å². The highest BCUT2D eigenvalue weighted by atomic mass is 16.6. The van der Waals surface area contributed by atoms with Crippen LogP contribution in [0.3, 0.4) is 0 Å². The zero-order valence-electron chi connectivity index (χ0n) is 21.3. The highest BCUT2D eigenvalue weighted by Crippen LogP contribution is 2.33. The molecule has 182 valence electrons. The Morgan fingerprint density at radius 3 is 2.31 bits per heavy atom. The fourth-order valence-electron chi connectivity index (χ4n) is 4.50. The second kappa shape index (κ2) is 9.87. The van der Waals surface area contributed by atoms with Crippen LogP contribution in [0, 0.1) is 13.8 Å². The van der Waals surface area contributed by atoms with Crippen molar-refractivity contribution in [1.82, 2.24) is 9.88 Å². The molecule has 0 aliphatic carbocycles.